The molecule has 1 atom stereocenters. The Morgan fingerprint density at radius 3 is 2.61 bits per heavy atom. The van der Waals surface area contributed by atoms with E-state index in [4.69, 9.17) is 5.11 Å². The second-order valence-electron chi connectivity index (χ2n) is 5.60. The number of halogens is 1. The average molecular weight is 313 g/mol. The lowest BCUT2D eigenvalue weighted by atomic mass is 9.90. The number of benzene rings is 2. The molecule has 1 aliphatic rings. The number of hydrogen-bond acceptors (Lipinski definition) is 3. The number of aromatic carboxylic acids is 1. The molecule has 118 valence electrons. The number of rotatable bonds is 4. The van der Waals surface area contributed by atoms with Crippen LogP contribution in [0.25, 0.3) is 11.1 Å². The molecule has 0 aliphatic carbocycles. The third-order valence-corrected chi connectivity index (χ3v) is 4.13. The molecular weight excluding hydrogens is 297 g/mol. The summed E-state index contributed by atoms with van der Waals surface area (Å²) in [5, 5.41) is 12.2. The molecule has 0 amide bonds. The molecule has 0 aromatic heterocycles. The van der Waals surface area contributed by atoms with Gasteiger partial charge in [0.25, 0.3) is 0 Å². The minimum absolute atomic E-state index is 0.00816. The minimum atomic E-state index is -1.13. The van der Waals surface area contributed by atoms with Gasteiger partial charge in [-0.05, 0) is 36.7 Å². The smallest absolute Gasteiger partial charge is 0.335 e. The van der Waals surface area contributed by atoms with E-state index in [1.165, 1.54) is 12.1 Å². The monoisotopic (exact) mass is 313 g/mol. The number of carboxylic acids is 1. The van der Waals surface area contributed by atoms with Crippen LogP contribution in [-0.4, -0.2) is 29.9 Å². The van der Waals surface area contributed by atoms with Crippen molar-refractivity contribution in [2.45, 2.75) is 6.42 Å². The van der Waals surface area contributed by atoms with E-state index in [2.05, 4.69) is 5.32 Å². The third kappa shape index (κ3) is 3.00. The van der Waals surface area contributed by atoms with E-state index in [0.717, 1.165) is 19.0 Å². The van der Waals surface area contributed by atoms with Crippen LogP contribution in [0.5, 0.6) is 0 Å². The van der Waals surface area contributed by atoms with Gasteiger partial charge >= 0.3 is 5.97 Å². The van der Waals surface area contributed by atoms with Crippen LogP contribution in [0, 0.1) is 11.7 Å². The van der Waals surface area contributed by atoms with Crippen molar-refractivity contribution in [3.8, 4) is 11.1 Å². The van der Waals surface area contributed by atoms with Crippen LogP contribution in [0.2, 0.25) is 0 Å². The quantitative estimate of drug-likeness (QED) is 0.852. The van der Waals surface area contributed by atoms with Gasteiger partial charge in [-0.1, -0.05) is 24.3 Å². The predicted molar refractivity (Wildman–Crippen MR) is 84.1 cm³/mol. The summed E-state index contributed by atoms with van der Waals surface area (Å²) >= 11 is 0. The summed E-state index contributed by atoms with van der Waals surface area (Å²) in [5.74, 6) is -1.83. The maximum Gasteiger partial charge on any atom is 0.335 e. The molecule has 2 aromatic rings. The highest BCUT2D eigenvalue weighted by atomic mass is 19.1. The fourth-order valence-electron chi connectivity index (χ4n) is 2.90. The van der Waals surface area contributed by atoms with Crippen LogP contribution < -0.4 is 5.32 Å². The highest BCUT2D eigenvalue weighted by molar-refractivity contribution is 6.04. The molecule has 1 aliphatic heterocycles. The van der Waals surface area contributed by atoms with Crippen molar-refractivity contribution in [1.29, 1.82) is 0 Å². The Bertz CT molecular complexity index is 767. The van der Waals surface area contributed by atoms with Gasteiger partial charge in [-0.15, -0.1) is 0 Å². The first-order valence-electron chi connectivity index (χ1n) is 7.45. The highest BCUT2D eigenvalue weighted by Gasteiger charge is 2.26. The maximum atomic E-state index is 14.2. The van der Waals surface area contributed by atoms with Crippen molar-refractivity contribution in [1.82, 2.24) is 5.32 Å². The fourth-order valence-corrected chi connectivity index (χ4v) is 2.90. The molecule has 5 heteroatoms. The summed E-state index contributed by atoms with van der Waals surface area (Å²) in [4.78, 5) is 23.8. The third-order valence-electron chi connectivity index (χ3n) is 4.13. The molecule has 4 nitrogen and oxygen atoms in total. The first-order chi connectivity index (χ1) is 11.1. The van der Waals surface area contributed by atoms with Crippen molar-refractivity contribution in [3.05, 3.63) is 59.4 Å². The second kappa shape index (κ2) is 6.30. The summed E-state index contributed by atoms with van der Waals surface area (Å²) in [7, 11) is 0. The number of hydrogen-bond donors (Lipinski definition) is 2. The molecule has 0 radical (unpaired) electrons. The number of Topliss-reactive ketones (excluding diaryl/α,β-unsaturated/α-hetero) is 1. The van der Waals surface area contributed by atoms with Crippen LogP contribution in [0.3, 0.4) is 0 Å². The number of carbonyl (C=O) groups excluding carboxylic acids is 1. The summed E-state index contributed by atoms with van der Waals surface area (Å²) < 4.78 is 14.2. The Morgan fingerprint density at radius 2 is 1.91 bits per heavy atom. The number of nitrogens with one attached hydrogen (secondary N) is 1. The van der Waals surface area contributed by atoms with Gasteiger partial charge < -0.3 is 10.4 Å². The molecular formula is C18H16FNO3. The van der Waals surface area contributed by atoms with E-state index >= 15 is 0 Å². The molecule has 1 heterocycles. The van der Waals surface area contributed by atoms with Crippen molar-refractivity contribution in [2.24, 2.45) is 5.92 Å². The first-order valence-corrected chi connectivity index (χ1v) is 7.45. The molecule has 1 fully saturated rings. The standard InChI is InChI=1S/C18H16FNO3/c19-16-6-5-11(18(22)23)9-15(16)13-3-1-2-4-14(13)17(21)12-7-8-20-10-12/h1-6,9,12,20H,7-8,10H2,(H,22,23). The van der Waals surface area contributed by atoms with Gasteiger partial charge in [0.05, 0.1) is 5.56 Å². The summed E-state index contributed by atoms with van der Waals surface area (Å²) in [5.41, 5.74) is 0.999. The molecule has 0 saturated carbocycles. The van der Waals surface area contributed by atoms with Gasteiger partial charge in [-0.3, -0.25) is 4.79 Å². The van der Waals surface area contributed by atoms with Gasteiger partial charge in [-0.25, -0.2) is 9.18 Å². The van der Waals surface area contributed by atoms with Crippen LogP contribution in [0.1, 0.15) is 27.1 Å². The zero-order chi connectivity index (χ0) is 16.4. The largest absolute Gasteiger partial charge is 0.478 e. The highest BCUT2D eigenvalue weighted by Crippen LogP contribution is 2.30. The first kappa shape index (κ1) is 15.4. The Morgan fingerprint density at radius 1 is 1.13 bits per heavy atom. The number of carbonyl (C=O) groups is 2. The zero-order valence-electron chi connectivity index (χ0n) is 12.4. The van der Waals surface area contributed by atoms with Crippen molar-refractivity contribution in [2.75, 3.05) is 13.1 Å². The van der Waals surface area contributed by atoms with Crippen LogP contribution in [0.4, 0.5) is 4.39 Å². The van der Waals surface area contributed by atoms with E-state index < -0.39 is 11.8 Å². The Balaban J connectivity index is 2.08. The van der Waals surface area contributed by atoms with Crippen molar-refractivity contribution >= 4 is 11.8 Å². The Hall–Kier alpha value is -2.53. The Labute approximate surface area is 133 Å². The Kier molecular flexibility index (Phi) is 4.21. The van der Waals surface area contributed by atoms with Crippen LogP contribution in [0.15, 0.2) is 42.5 Å². The average Bonchev–Trinajstić information content (AvgIpc) is 3.09. The SMILES string of the molecule is O=C(O)c1ccc(F)c(-c2ccccc2C(=O)C2CCNC2)c1. The van der Waals surface area contributed by atoms with E-state index in [1.54, 1.807) is 24.3 Å². The summed E-state index contributed by atoms with van der Waals surface area (Å²) in [6.45, 7) is 1.41. The van der Waals surface area contributed by atoms with Gasteiger partial charge in [0.15, 0.2) is 5.78 Å². The number of carboxylic acid groups (broad SMARTS) is 1. The topological polar surface area (TPSA) is 66.4 Å². The predicted octanol–water partition coefficient (Wildman–Crippen LogP) is 2.98. The van der Waals surface area contributed by atoms with E-state index in [-0.39, 0.29) is 22.8 Å². The van der Waals surface area contributed by atoms with Gasteiger partial charge in [-0.2, -0.15) is 0 Å². The molecule has 2 aromatic carbocycles. The molecule has 3 rings (SSSR count). The molecule has 0 bridgehead atoms. The van der Waals surface area contributed by atoms with E-state index in [9.17, 15) is 14.0 Å². The lowest BCUT2D eigenvalue weighted by molar-refractivity contribution is 0.0696. The normalized spacial score (nSPS) is 17.2. The van der Waals surface area contributed by atoms with Crippen molar-refractivity contribution < 1.29 is 19.1 Å². The summed E-state index contributed by atoms with van der Waals surface area (Å²) in [6, 6.07) is 10.4. The lowest BCUT2D eigenvalue weighted by Gasteiger charge is -2.13. The second-order valence-corrected chi connectivity index (χ2v) is 5.60. The molecule has 1 saturated heterocycles. The zero-order valence-corrected chi connectivity index (χ0v) is 12.4. The maximum absolute atomic E-state index is 14.2. The molecule has 0 spiro atoms. The van der Waals surface area contributed by atoms with Crippen molar-refractivity contribution in [3.63, 3.8) is 0 Å². The lowest BCUT2D eigenvalue weighted by Crippen LogP contribution is -2.18. The van der Waals surface area contributed by atoms with E-state index in [1.807, 2.05) is 0 Å². The fraction of sp³-hybridized carbons (Fsp3) is 0.222. The minimum Gasteiger partial charge on any atom is -0.478 e. The van der Waals surface area contributed by atoms with E-state index in [0.29, 0.717) is 17.7 Å². The van der Waals surface area contributed by atoms with Crippen LogP contribution >= 0.6 is 0 Å². The van der Waals surface area contributed by atoms with Crippen LogP contribution in [-0.2, 0) is 0 Å². The number of ketones is 1. The van der Waals surface area contributed by atoms with Gasteiger partial charge in [0, 0.05) is 23.6 Å². The molecule has 2 N–H and O–H groups in total. The van der Waals surface area contributed by atoms with Gasteiger partial charge in [0.2, 0.25) is 0 Å². The molecule has 1 unspecified atom stereocenters. The summed E-state index contributed by atoms with van der Waals surface area (Å²) in [6.07, 6.45) is 0.755. The van der Waals surface area contributed by atoms with Gasteiger partial charge in [0.1, 0.15) is 5.82 Å². The molecule has 23 heavy (non-hydrogen) atoms.